The maximum atomic E-state index is 12.9. The van der Waals surface area contributed by atoms with Crippen molar-refractivity contribution in [2.24, 2.45) is 17.1 Å². The van der Waals surface area contributed by atoms with E-state index >= 15 is 0 Å². The molecule has 1 amide bonds. The molecule has 0 bridgehead atoms. The summed E-state index contributed by atoms with van der Waals surface area (Å²) in [4.78, 5) is 15.4. The molecule has 146 valence electrons. The van der Waals surface area contributed by atoms with Crippen LogP contribution in [0.15, 0.2) is 0 Å². The largest absolute Gasteiger partial charge is 0.378 e. The van der Waals surface area contributed by atoms with Gasteiger partial charge in [0.2, 0.25) is 5.91 Å². The zero-order chi connectivity index (χ0) is 18.9. The van der Waals surface area contributed by atoms with Crippen LogP contribution in [0.25, 0.3) is 0 Å². The van der Waals surface area contributed by atoms with Gasteiger partial charge < -0.3 is 15.8 Å². The highest BCUT2D eigenvalue weighted by Crippen LogP contribution is 2.49. The van der Waals surface area contributed by atoms with Gasteiger partial charge in [-0.25, -0.2) is 0 Å². The molecule has 5 heteroatoms. The van der Waals surface area contributed by atoms with E-state index in [1.54, 1.807) is 0 Å². The van der Waals surface area contributed by atoms with E-state index in [0.717, 1.165) is 19.0 Å². The predicted molar refractivity (Wildman–Crippen MR) is 102 cm³/mol. The number of nitrogens with one attached hydrogen (secondary N) is 1. The minimum atomic E-state index is -0.837. The zero-order valence-electron chi connectivity index (χ0n) is 17.2. The highest BCUT2D eigenvalue weighted by molar-refractivity contribution is 5.88. The number of amides is 1. The van der Waals surface area contributed by atoms with E-state index < -0.39 is 5.54 Å². The normalized spacial score (nSPS) is 32.9. The van der Waals surface area contributed by atoms with Gasteiger partial charge in [0.15, 0.2) is 0 Å². The van der Waals surface area contributed by atoms with Crippen LogP contribution in [-0.4, -0.2) is 54.2 Å². The Morgan fingerprint density at radius 3 is 2.60 bits per heavy atom. The average molecular weight is 354 g/mol. The van der Waals surface area contributed by atoms with Crippen molar-refractivity contribution in [1.29, 1.82) is 0 Å². The Bertz CT molecular complexity index is 478. The molecule has 0 radical (unpaired) electrons. The number of carbonyl (C=O) groups excluding carboxylic acids is 1. The Labute approximate surface area is 154 Å². The minimum absolute atomic E-state index is 0.0365. The Morgan fingerprint density at radius 2 is 2.04 bits per heavy atom. The first-order valence-corrected chi connectivity index (χ1v) is 10.0. The van der Waals surface area contributed by atoms with Gasteiger partial charge in [-0.2, -0.15) is 0 Å². The van der Waals surface area contributed by atoms with Crippen LogP contribution < -0.4 is 11.1 Å². The Morgan fingerprint density at radius 1 is 1.36 bits per heavy atom. The first kappa shape index (κ1) is 20.7. The lowest BCUT2D eigenvalue weighted by atomic mass is 9.54. The maximum Gasteiger partial charge on any atom is 0.240 e. The van der Waals surface area contributed by atoms with E-state index in [-0.39, 0.29) is 23.0 Å². The first-order chi connectivity index (χ1) is 11.6. The number of likely N-dealkylation sites (tertiary alicyclic amines) is 1. The van der Waals surface area contributed by atoms with E-state index in [0.29, 0.717) is 19.6 Å². The van der Waals surface area contributed by atoms with Crippen molar-refractivity contribution >= 4 is 5.91 Å². The zero-order valence-corrected chi connectivity index (χ0v) is 17.2. The maximum absolute atomic E-state index is 12.9. The van der Waals surface area contributed by atoms with E-state index in [2.05, 4.69) is 31.0 Å². The third-order valence-corrected chi connectivity index (χ3v) is 6.87. The fourth-order valence-electron chi connectivity index (χ4n) is 4.33. The fraction of sp³-hybridized carbons (Fsp3) is 0.950. The number of nitrogens with zero attached hydrogens (tertiary/aromatic N) is 1. The van der Waals surface area contributed by atoms with Crippen LogP contribution in [-0.2, 0) is 9.53 Å². The number of rotatable bonds is 7. The third kappa shape index (κ3) is 3.88. The predicted octanol–water partition coefficient (Wildman–Crippen LogP) is 2.54. The number of nitrogens with two attached hydrogens (primary N) is 1. The van der Waals surface area contributed by atoms with E-state index in [9.17, 15) is 4.79 Å². The molecule has 0 aromatic heterocycles. The second-order valence-corrected chi connectivity index (χ2v) is 9.20. The van der Waals surface area contributed by atoms with Crippen molar-refractivity contribution in [3.8, 4) is 0 Å². The molecule has 0 aromatic carbocycles. The van der Waals surface area contributed by atoms with Crippen molar-refractivity contribution in [2.75, 3.05) is 26.2 Å². The van der Waals surface area contributed by atoms with Crippen molar-refractivity contribution < 1.29 is 9.53 Å². The van der Waals surface area contributed by atoms with Gasteiger partial charge in [0, 0.05) is 37.1 Å². The van der Waals surface area contributed by atoms with Gasteiger partial charge in [-0.1, -0.05) is 27.2 Å². The minimum Gasteiger partial charge on any atom is -0.378 e. The van der Waals surface area contributed by atoms with Gasteiger partial charge in [0.05, 0.1) is 6.10 Å². The summed E-state index contributed by atoms with van der Waals surface area (Å²) in [6.07, 6.45) is 4.47. The molecule has 1 heterocycles. The number of carbonyl (C=O) groups is 1. The van der Waals surface area contributed by atoms with Gasteiger partial charge in [0.1, 0.15) is 5.54 Å². The molecule has 1 aliphatic heterocycles. The summed E-state index contributed by atoms with van der Waals surface area (Å²) < 4.78 is 5.74. The topological polar surface area (TPSA) is 67.6 Å². The summed E-state index contributed by atoms with van der Waals surface area (Å²) in [7, 11) is 0. The highest BCUT2D eigenvalue weighted by atomic mass is 16.5. The Balaban J connectivity index is 1.93. The molecule has 3 atom stereocenters. The Hall–Kier alpha value is -0.650. The molecular weight excluding hydrogens is 314 g/mol. The summed E-state index contributed by atoms with van der Waals surface area (Å²) >= 11 is 0. The summed E-state index contributed by atoms with van der Waals surface area (Å²) in [5, 5.41) is 3.15. The van der Waals surface area contributed by atoms with E-state index in [1.807, 2.05) is 20.8 Å². The van der Waals surface area contributed by atoms with Gasteiger partial charge in [-0.15, -0.1) is 0 Å². The molecular formula is C20H39N3O2. The summed E-state index contributed by atoms with van der Waals surface area (Å²) in [6.45, 7) is 16.3. The van der Waals surface area contributed by atoms with Gasteiger partial charge >= 0.3 is 0 Å². The average Bonchev–Trinajstić information content (AvgIpc) is 2.59. The number of ether oxygens (including phenoxy) is 1. The van der Waals surface area contributed by atoms with Crippen LogP contribution in [0.4, 0.5) is 0 Å². The summed E-state index contributed by atoms with van der Waals surface area (Å²) in [5.41, 5.74) is 5.27. The van der Waals surface area contributed by atoms with Crippen molar-refractivity contribution in [2.45, 2.75) is 84.4 Å². The second-order valence-electron chi connectivity index (χ2n) is 9.20. The number of hydrogen-bond acceptors (Lipinski definition) is 4. The summed E-state index contributed by atoms with van der Waals surface area (Å²) in [6, 6.07) is 0. The van der Waals surface area contributed by atoms with Crippen LogP contribution >= 0.6 is 0 Å². The summed E-state index contributed by atoms with van der Waals surface area (Å²) in [5.74, 6) is 0.743. The van der Waals surface area contributed by atoms with Crippen LogP contribution in [0, 0.1) is 11.3 Å². The quantitative estimate of drug-likeness (QED) is 0.738. The van der Waals surface area contributed by atoms with Gasteiger partial charge in [0.25, 0.3) is 0 Å². The van der Waals surface area contributed by atoms with Crippen molar-refractivity contribution in [3.63, 3.8) is 0 Å². The molecule has 25 heavy (non-hydrogen) atoms. The highest BCUT2D eigenvalue weighted by Gasteiger charge is 2.62. The van der Waals surface area contributed by atoms with Crippen LogP contribution in [0.3, 0.4) is 0 Å². The molecule has 2 aliphatic rings. The molecule has 5 nitrogen and oxygen atoms in total. The van der Waals surface area contributed by atoms with Crippen LogP contribution in [0.1, 0.15) is 67.2 Å². The standard InChI is InChI=1S/C20H39N3O2/c1-7-15-10-9-11-23(13-15)18(3,4)14-22-17(24)20(21)12-16(25-8-2)19(20,5)6/h15-16H,7-14,21H2,1-6H3,(H,22,24). The molecule has 2 rings (SSSR count). The molecule has 1 aliphatic carbocycles. The molecule has 2 fully saturated rings. The van der Waals surface area contributed by atoms with E-state index in [1.165, 1.54) is 19.3 Å². The van der Waals surface area contributed by atoms with Gasteiger partial charge in [-0.3, -0.25) is 9.69 Å². The molecule has 3 unspecified atom stereocenters. The van der Waals surface area contributed by atoms with Gasteiger partial charge in [-0.05, 0) is 46.1 Å². The number of piperidine rings is 1. The first-order valence-electron chi connectivity index (χ1n) is 10.0. The van der Waals surface area contributed by atoms with Crippen molar-refractivity contribution in [3.05, 3.63) is 0 Å². The van der Waals surface area contributed by atoms with Crippen LogP contribution in [0.2, 0.25) is 0 Å². The smallest absolute Gasteiger partial charge is 0.240 e. The lowest BCUT2D eigenvalue weighted by Gasteiger charge is -2.57. The van der Waals surface area contributed by atoms with E-state index in [4.69, 9.17) is 10.5 Å². The molecule has 0 aromatic rings. The fourth-order valence-corrected chi connectivity index (χ4v) is 4.33. The van der Waals surface area contributed by atoms with Crippen molar-refractivity contribution in [1.82, 2.24) is 10.2 Å². The molecule has 1 saturated carbocycles. The third-order valence-electron chi connectivity index (χ3n) is 6.87. The number of hydrogen-bond donors (Lipinski definition) is 2. The SMILES string of the molecule is CCOC1CC(N)(C(=O)NCC(C)(C)N2CCCC(CC)C2)C1(C)C. The molecule has 3 N–H and O–H groups in total. The lowest BCUT2D eigenvalue weighted by Crippen LogP contribution is -2.76. The van der Waals surface area contributed by atoms with Crippen LogP contribution in [0.5, 0.6) is 0 Å². The second kappa shape index (κ2) is 7.53. The molecule has 0 spiro atoms. The molecule has 1 saturated heterocycles. The lowest BCUT2D eigenvalue weighted by molar-refractivity contribution is -0.171. The Kier molecular flexibility index (Phi) is 6.22. The monoisotopic (exact) mass is 353 g/mol.